The quantitative estimate of drug-likeness (QED) is 0.519. The summed E-state index contributed by atoms with van der Waals surface area (Å²) in [4.78, 5) is 4.20. The van der Waals surface area contributed by atoms with Crippen molar-refractivity contribution in [3.8, 4) is 5.75 Å². The first-order chi connectivity index (χ1) is 9.20. The fourth-order valence-electron chi connectivity index (χ4n) is 1.74. The fourth-order valence-corrected chi connectivity index (χ4v) is 1.74. The van der Waals surface area contributed by atoms with Crippen LogP contribution in [0.5, 0.6) is 5.75 Å². The number of aromatic nitrogens is 1. The van der Waals surface area contributed by atoms with Gasteiger partial charge in [-0.1, -0.05) is 22.9 Å². The molecule has 0 unspecified atom stereocenters. The molecular formula is C15H16N2O2. The SMILES string of the molecule is C/C(=N\O)c1cc(C)ccc1OCc1ccccn1. The maximum atomic E-state index is 8.91. The van der Waals surface area contributed by atoms with Gasteiger partial charge in [0.25, 0.3) is 0 Å². The van der Waals surface area contributed by atoms with Crippen molar-refractivity contribution in [2.24, 2.45) is 5.16 Å². The monoisotopic (exact) mass is 256 g/mol. The van der Waals surface area contributed by atoms with E-state index in [1.165, 1.54) is 0 Å². The van der Waals surface area contributed by atoms with Gasteiger partial charge in [-0.25, -0.2) is 0 Å². The third-order valence-electron chi connectivity index (χ3n) is 2.78. The van der Waals surface area contributed by atoms with Crippen molar-refractivity contribution in [1.29, 1.82) is 0 Å². The van der Waals surface area contributed by atoms with Crippen LogP contribution in [0.2, 0.25) is 0 Å². The van der Waals surface area contributed by atoms with Gasteiger partial charge in [-0.3, -0.25) is 4.98 Å². The van der Waals surface area contributed by atoms with E-state index in [1.807, 2.05) is 43.3 Å². The van der Waals surface area contributed by atoms with Crippen LogP contribution in [0, 0.1) is 6.92 Å². The van der Waals surface area contributed by atoms with Gasteiger partial charge < -0.3 is 9.94 Å². The van der Waals surface area contributed by atoms with Gasteiger partial charge in [0.2, 0.25) is 0 Å². The van der Waals surface area contributed by atoms with E-state index in [2.05, 4.69) is 10.1 Å². The molecule has 98 valence electrons. The van der Waals surface area contributed by atoms with E-state index in [0.29, 0.717) is 18.1 Å². The molecule has 0 fully saturated rings. The van der Waals surface area contributed by atoms with Crippen LogP contribution < -0.4 is 4.74 Å². The Kier molecular flexibility index (Phi) is 4.13. The predicted molar refractivity (Wildman–Crippen MR) is 73.7 cm³/mol. The minimum absolute atomic E-state index is 0.385. The highest BCUT2D eigenvalue weighted by atomic mass is 16.5. The minimum Gasteiger partial charge on any atom is -0.487 e. The zero-order valence-electron chi connectivity index (χ0n) is 11.0. The predicted octanol–water partition coefficient (Wildman–Crippen LogP) is 3.17. The van der Waals surface area contributed by atoms with Gasteiger partial charge in [-0.2, -0.15) is 0 Å². The molecule has 1 heterocycles. The number of hydrogen-bond acceptors (Lipinski definition) is 4. The molecule has 0 saturated carbocycles. The van der Waals surface area contributed by atoms with Crippen LogP contribution in [0.3, 0.4) is 0 Å². The highest BCUT2D eigenvalue weighted by Crippen LogP contribution is 2.22. The molecule has 0 spiro atoms. The number of ether oxygens (including phenoxy) is 1. The molecule has 0 radical (unpaired) electrons. The summed E-state index contributed by atoms with van der Waals surface area (Å²) in [5, 5.41) is 12.1. The Morgan fingerprint density at radius 3 is 2.84 bits per heavy atom. The van der Waals surface area contributed by atoms with Crippen LogP contribution in [0.1, 0.15) is 23.7 Å². The molecule has 1 aromatic carbocycles. The Bertz CT molecular complexity index is 580. The second kappa shape index (κ2) is 6.00. The van der Waals surface area contributed by atoms with E-state index in [9.17, 15) is 0 Å². The average molecular weight is 256 g/mol. The summed E-state index contributed by atoms with van der Waals surface area (Å²) < 4.78 is 5.75. The van der Waals surface area contributed by atoms with Gasteiger partial charge in [-0.05, 0) is 38.1 Å². The molecule has 1 N–H and O–H groups in total. The normalized spacial score (nSPS) is 11.4. The summed E-state index contributed by atoms with van der Waals surface area (Å²) >= 11 is 0. The molecule has 4 nitrogen and oxygen atoms in total. The Morgan fingerprint density at radius 2 is 2.16 bits per heavy atom. The molecule has 0 aliphatic heterocycles. The highest BCUT2D eigenvalue weighted by Gasteiger charge is 2.08. The first kappa shape index (κ1) is 13.1. The number of hydrogen-bond donors (Lipinski definition) is 1. The summed E-state index contributed by atoms with van der Waals surface area (Å²) in [6, 6.07) is 11.5. The number of pyridine rings is 1. The molecule has 1 aromatic heterocycles. The molecule has 4 heteroatoms. The third-order valence-corrected chi connectivity index (χ3v) is 2.78. The Balaban J connectivity index is 2.20. The zero-order chi connectivity index (χ0) is 13.7. The van der Waals surface area contributed by atoms with Gasteiger partial charge in [0.1, 0.15) is 12.4 Å². The second-order valence-corrected chi connectivity index (χ2v) is 4.29. The maximum Gasteiger partial charge on any atom is 0.130 e. The molecule has 0 aliphatic carbocycles. The standard InChI is InChI=1S/C15H16N2O2/c1-11-6-7-15(14(9-11)12(2)17-18)19-10-13-5-3-4-8-16-13/h3-9,18H,10H2,1-2H3/b17-12+. The first-order valence-electron chi connectivity index (χ1n) is 6.03. The summed E-state index contributed by atoms with van der Waals surface area (Å²) in [5.74, 6) is 0.687. The summed E-state index contributed by atoms with van der Waals surface area (Å²) in [6.45, 7) is 4.11. The van der Waals surface area contributed by atoms with Gasteiger partial charge in [-0.15, -0.1) is 0 Å². The van der Waals surface area contributed by atoms with E-state index in [-0.39, 0.29) is 0 Å². The van der Waals surface area contributed by atoms with E-state index < -0.39 is 0 Å². The molecule has 0 saturated heterocycles. The Hall–Kier alpha value is -2.36. The van der Waals surface area contributed by atoms with Crippen molar-refractivity contribution in [1.82, 2.24) is 4.98 Å². The smallest absolute Gasteiger partial charge is 0.130 e. The molecule has 2 aromatic rings. The lowest BCUT2D eigenvalue weighted by molar-refractivity contribution is 0.299. The van der Waals surface area contributed by atoms with Crippen molar-refractivity contribution in [3.63, 3.8) is 0 Å². The van der Waals surface area contributed by atoms with E-state index in [0.717, 1.165) is 16.8 Å². The molecule has 2 rings (SSSR count). The summed E-state index contributed by atoms with van der Waals surface area (Å²) in [7, 11) is 0. The van der Waals surface area contributed by atoms with Crippen LogP contribution in [0.15, 0.2) is 47.8 Å². The highest BCUT2D eigenvalue weighted by molar-refractivity contribution is 6.00. The fraction of sp³-hybridized carbons (Fsp3) is 0.200. The van der Waals surface area contributed by atoms with Crippen LogP contribution >= 0.6 is 0 Å². The van der Waals surface area contributed by atoms with Crippen LogP contribution in [-0.4, -0.2) is 15.9 Å². The average Bonchev–Trinajstić information content (AvgIpc) is 2.46. The molecule has 19 heavy (non-hydrogen) atoms. The molecule has 0 bridgehead atoms. The summed E-state index contributed by atoms with van der Waals surface area (Å²) in [6.07, 6.45) is 1.73. The van der Waals surface area contributed by atoms with Crippen LogP contribution in [0.25, 0.3) is 0 Å². The van der Waals surface area contributed by atoms with E-state index >= 15 is 0 Å². The number of aryl methyl sites for hydroxylation is 1. The molecule has 0 aliphatic rings. The number of benzene rings is 1. The van der Waals surface area contributed by atoms with Gasteiger partial charge in [0, 0.05) is 11.8 Å². The molecular weight excluding hydrogens is 240 g/mol. The Labute approximate surface area is 112 Å². The van der Waals surface area contributed by atoms with Crippen LogP contribution in [0.4, 0.5) is 0 Å². The van der Waals surface area contributed by atoms with E-state index in [4.69, 9.17) is 9.94 Å². The third kappa shape index (κ3) is 3.31. The number of oxime groups is 1. The first-order valence-corrected chi connectivity index (χ1v) is 6.03. The maximum absolute atomic E-state index is 8.91. The van der Waals surface area contributed by atoms with Gasteiger partial charge >= 0.3 is 0 Å². The van der Waals surface area contributed by atoms with Gasteiger partial charge in [0.05, 0.1) is 11.4 Å². The second-order valence-electron chi connectivity index (χ2n) is 4.29. The lowest BCUT2D eigenvalue weighted by Gasteiger charge is -2.11. The van der Waals surface area contributed by atoms with Crippen molar-refractivity contribution in [3.05, 3.63) is 59.4 Å². The van der Waals surface area contributed by atoms with Crippen molar-refractivity contribution in [2.45, 2.75) is 20.5 Å². The number of rotatable bonds is 4. The van der Waals surface area contributed by atoms with Crippen molar-refractivity contribution < 1.29 is 9.94 Å². The minimum atomic E-state index is 0.385. The summed E-state index contributed by atoms with van der Waals surface area (Å²) in [5.41, 5.74) is 3.26. The molecule has 0 atom stereocenters. The van der Waals surface area contributed by atoms with Gasteiger partial charge in [0.15, 0.2) is 0 Å². The van der Waals surface area contributed by atoms with Crippen LogP contribution in [-0.2, 0) is 6.61 Å². The molecule has 0 amide bonds. The van der Waals surface area contributed by atoms with E-state index in [1.54, 1.807) is 13.1 Å². The largest absolute Gasteiger partial charge is 0.487 e. The zero-order valence-corrected chi connectivity index (χ0v) is 11.0. The van der Waals surface area contributed by atoms with Crippen molar-refractivity contribution >= 4 is 5.71 Å². The lowest BCUT2D eigenvalue weighted by atomic mass is 10.1. The van der Waals surface area contributed by atoms with Crippen molar-refractivity contribution in [2.75, 3.05) is 0 Å². The Morgan fingerprint density at radius 1 is 1.32 bits per heavy atom. The lowest BCUT2D eigenvalue weighted by Crippen LogP contribution is -2.04. The number of nitrogens with zero attached hydrogens (tertiary/aromatic N) is 2. The topological polar surface area (TPSA) is 54.7 Å².